The van der Waals surface area contributed by atoms with Crippen molar-refractivity contribution >= 4 is 22.6 Å². The van der Waals surface area contributed by atoms with E-state index in [1.54, 1.807) is 0 Å². The van der Waals surface area contributed by atoms with E-state index in [0.717, 1.165) is 6.07 Å². The molecule has 0 radical (unpaired) electrons. The highest BCUT2D eigenvalue weighted by Gasteiger charge is 2.33. The number of aromatic nitrogens is 3. The maximum atomic E-state index is 13.4. The van der Waals surface area contributed by atoms with Crippen molar-refractivity contribution in [3.8, 4) is 28.6 Å². The number of rotatable bonds is 4. The van der Waals surface area contributed by atoms with E-state index in [1.807, 2.05) is 6.07 Å². The lowest BCUT2D eigenvalue weighted by atomic mass is 9.98. The van der Waals surface area contributed by atoms with Gasteiger partial charge in [-0.1, -0.05) is 34.6 Å². The van der Waals surface area contributed by atoms with Crippen molar-refractivity contribution in [2.45, 2.75) is 6.18 Å². The van der Waals surface area contributed by atoms with E-state index < -0.39 is 23.4 Å². The van der Waals surface area contributed by atoms with Crippen molar-refractivity contribution in [1.29, 1.82) is 5.26 Å². The number of aromatic amines is 1. The average Bonchev–Trinajstić information content (AvgIpc) is 3.49. The predicted octanol–water partition coefficient (Wildman–Crippen LogP) is 4.98. The van der Waals surface area contributed by atoms with E-state index in [0.29, 0.717) is 0 Å². The van der Waals surface area contributed by atoms with Gasteiger partial charge in [-0.05, 0) is 47.5 Å². The number of nitrogens with one attached hydrogen (secondary N) is 2. The normalized spacial score (nSPS) is 11.4. The molecule has 2 N–H and O–H groups in total. The number of benzene rings is 3. The zero-order valence-corrected chi connectivity index (χ0v) is 17.9. The molecule has 2 aromatic heterocycles. The van der Waals surface area contributed by atoms with Gasteiger partial charge >= 0.3 is 11.9 Å². The van der Waals surface area contributed by atoms with Gasteiger partial charge in [0.1, 0.15) is 0 Å². The smallest absolute Gasteiger partial charge is 0.355 e. The maximum Gasteiger partial charge on any atom is 0.439 e. The molecule has 9 nitrogen and oxygen atoms in total. The van der Waals surface area contributed by atoms with Crippen LogP contribution in [-0.4, -0.2) is 21.2 Å². The summed E-state index contributed by atoms with van der Waals surface area (Å²) in [4.78, 5) is 26.7. The second kappa shape index (κ2) is 8.55. The minimum atomic E-state index is -4.55. The summed E-state index contributed by atoms with van der Waals surface area (Å²) in [6.07, 6.45) is -4.55. The molecule has 0 fully saturated rings. The number of carbonyl (C=O) groups is 1. The molecular weight excluding hydrogens is 479 g/mol. The van der Waals surface area contributed by atoms with Crippen LogP contribution < -0.4 is 11.1 Å². The molecule has 0 unspecified atom stereocenters. The number of carbonyl (C=O) groups excluding carboxylic acids is 1. The van der Waals surface area contributed by atoms with E-state index in [2.05, 4.69) is 25.1 Å². The molecule has 5 rings (SSSR count). The summed E-state index contributed by atoms with van der Waals surface area (Å²) in [5.41, 5.74) is 0.0233. The summed E-state index contributed by atoms with van der Waals surface area (Å²) in [6.45, 7) is 0. The van der Waals surface area contributed by atoms with E-state index >= 15 is 0 Å². The SMILES string of the molecule is N#Cc1ccc(NC(=O)c2noc3cc(-c4ccccc4C(F)(F)F)ccc23)c(-c2noc(=O)[nH]2)c1. The van der Waals surface area contributed by atoms with Crippen LogP contribution in [0.1, 0.15) is 21.6 Å². The van der Waals surface area contributed by atoms with Gasteiger partial charge in [0, 0.05) is 5.56 Å². The number of alkyl halides is 3. The summed E-state index contributed by atoms with van der Waals surface area (Å²) in [7, 11) is 0. The Bertz CT molecular complexity index is 1730. The number of amides is 1. The molecule has 0 spiro atoms. The second-order valence-corrected chi connectivity index (χ2v) is 7.56. The highest BCUT2D eigenvalue weighted by Crippen LogP contribution is 2.38. The molecule has 36 heavy (non-hydrogen) atoms. The van der Waals surface area contributed by atoms with Crippen molar-refractivity contribution in [3.63, 3.8) is 0 Å². The van der Waals surface area contributed by atoms with Crippen LogP contribution in [0.2, 0.25) is 0 Å². The average molecular weight is 491 g/mol. The molecule has 0 aliphatic rings. The third-order valence-corrected chi connectivity index (χ3v) is 5.32. The van der Waals surface area contributed by atoms with Gasteiger partial charge in [0.15, 0.2) is 17.1 Å². The summed E-state index contributed by atoms with van der Waals surface area (Å²) in [5, 5.41) is 19.4. The van der Waals surface area contributed by atoms with Gasteiger partial charge < -0.3 is 9.84 Å². The lowest BCUT2D eigenvalue weighted by Crippen LogP contribution is -2.13. The van der Waals surface area contributed by atoms with E-state index in [4.69, 9.17) is 4.52 Å². The fraction of sp³-hybridized carbons (Fsp3) is 0.0417. The van der Waals surface area contributed by atoms with Crippen molar-refractivity contribution in [2.24, 2.45) is 0 Å². The number of hydrogen-bond donors (Lipinski definition) is 2. The molecule has 0 saturated heterocycles. The van der Waals surface area contributed by atoms with Crippen LogP contribution in [0.5, 0.6) is 0 Å². The first-order chi connectivity index (χ1) is 17.2. The van der Waals surface area contributed by atoms with Gasteiger partial charge in [0.2, 0.25) is 0 Å². The summed E-state index contributed by atoms with van der Waals surface area (Å²) in [5.74, 6) is -1.53. The first-order valence-corrected chi connectivity index (χ1v) is 10.2. The first kappa shape index (κ1) is 22.6. The molecule has 0 atom stereocenters. The Hall–Kier alpha value is -5.18. The highest BCUT2D eigenvalue weighted by molar-refractivity contribution is 6.12. The maximum absolute atomic E-state index is 13.4. The quantitative estimate of drug-likeness (QED) is 0.362. The van der Waals surface area contributed by atoms with Crippen LogP contribution in [0.3, 0.4) is 0 Å². The van der Waals surface area contributed by atoms with Crippen molar-refractivity contribution in [2.75, 3.05) is 5.32 Å². The standard InChI is InChI=1S/C24H12F3N5O4/c25-24(26,27)17-4-2-1-3-14(17)13-6-7-15-19(10-13)35-31-20(15)22(33)29-18-8-5-12(11-28)9-16(18)21-30-23(34)36-32-21/h1-10H,(H,29,33)(H,30,32,34). The number of fused-ring (bicyclic) bond motifs is 1. The number of nitriles is 1. The topological polar surface area (TPSA) is 138 Å². The van der Waals surface area contributed by atoms with Gasteiger partial charge in [-0.3, -0.25) is 14.3 Å². The van der Waals surface area contributed by atoms with Crippen molar-refractivity contribution in [3.05, 3.63) is 88.0 Å². The Labute approximate surface area is 198 Å². The third kappa shape index (κ3) is 4.09. The molecule has 178 valence electrons. The molecule has 2 heterocycles. The molecular formula is C24H12F3N5O4. The Morgan fingerprint density at radius 2 is 1.81 bits per heavy atom. The summed E-state index contributed by atoms with van der Waals surface area (Å²) < 4.78 is 50.0. The van der Waals surface area contributed by atoms with Crippen molar-refractivity contribution < 1.29 is 27.0 Å². The third-order valence-electron chi connectivity index (χ3n) is 5.32. The number of hydrogen-bond acceptors (Lipinski definition) is 7. The van der Waals surface area contributed by atoms with E-state index in [-0.39, 0.29) is 50.4 Å². The van der Waals surface area contributed by atoms with Gasteiger partial charge in [0.05, 0.1) is 28.3 Å². The van der Waals surface area contributed by atoms with Gasteiger partial charge in [0.25, 0.3) is 5.91 Å². The van der Waals surface area contributed by atoms with E-state index in [1.165, 1.54) is 54.6 Å². The zero-order valence-electron chi connectivity index (χ0n) is 17.9. The lowest BCUT2D eigenvalue weighted by Gasteiger charge is -2.12. The molecule has 5 aromatic rings. The fourth-order valence-corrected chi connectivity index (χ4v) is 3.70. The van der Waals surface area contributed by atoms with Crippen LogP contribution in [0.4, 0.5) is 18.9 Å². The largest absolute Gasteiger partial charge is 0.439 e. The van der Waals surface area contributed by atoms with Crippen LogP contribution in [0.25, 0.3) is 33.5 Å². The van der Waals surface area contributed by atoms with Crippen LogP contribution in [0, 0.1) is 11.3 Å². The molecule has 12 heteroatoms. The lowest BCUT2D eigenvalue weighted by molar-refractivity contribution is -0.137. The Morgan fingerprint density at radius 3 is 2.53 bits per heavy atom. The van der Waals surface area contributed by atoms with E-state index in [9.17, 15) is 28.0 Å². The Morgan fingerprint density at radius 1 is 1.00 bits per heavy atom. The first-order valence-electron chi connectivity index (χ1n) is 10.2. The zero-order chi connectivity index (χ0) is 25.4. The Kier molecular flexibility index (Phi) is 5.37. The number of anilines is 1. The van der Waals surface area contributed by atoms with Gasteiger partial charge in [-0.2, -0.15) is 18.4 Å². The fourth-order valence-electron chi connectivity index (χ4n) is 3.70. The molecule has 1 amide bonds. The predicted molar refractivity (Wildman–Crippen MR) is 120 cm³/mol. The minimum Gasteiger partial charge on any atom is -0.355 e. The van der Waals surface area contributed by atoms with Crippen LogP contribution in [-0.2, 0) is 6.18 Å². The number of H-pyrrole nitrogens is 1. The van der Waals surface area contributed by atoms with Gasteiger partial charge in [-0.15, -0.1) is 0 Å². The summed E-state index contributed by atoms with van der Waals surface area (Å²) >= 11 is 0. The van der Waals surface area contributed by atoms with Gasteiger partial charge in [-0.25, -0.2) is 4.79 Å². The number of nitrogens with zero attached hydrogens (tertiary/aromatic N) is 3. The molecule has 0 aliphatic heterocycles. The van der Waals surface area contributed by atoms with Crippen LogP contribution >= 0.6 is 0 Å². The highest BCUT2D eigenvalue weighted by atomic mass is 19.4. The van der Waals surface area contributed by atoms with Crippen LogP contribution in [0.15, 0.2) is 74.5 Å². The van der Waals surface area contributed by atoms with Crippen molar-refractivity contribution in [1.82, 2.24) is 15.3 Å². The molecule has 0 aliphatic carbocycles. The molecule has 3 aromatic carbocycles. The number of halogens is 3. The minimum absolute atomic E-state index is 0.00890. The summed E-state index contributed by atoms with van der Waals surface area (Å²) in [6, 6.07) is 15.6. The molecule has 0 bridgehead atoms. The molecule has 0 saturated carbocycles. The monoisotopic (exact) mass is 491 g/mol. The second-order valence-electron chi connectivity index (χ2n) is 7.56. The Balaban J connectivity index is 1.50.